The largest absolute Gasteiger partial charge is 0.366 e. The maximum absolute atomic E-state index is 8.79. The molecule has 0 aromatic heterocycles. The number of hydrogen-bond acceptors (Lipinski definition) is 3. The molecule has 1 aromatic carbocycles. The van der Waals surface area contributed by atoms with E-state index in [9.17, 15) is 0 Å². The number of nitrogens with one attached hydrogen (secondary N) is 1. The second kappa shape index (κ2) is 5.00. The Hall–Kier alpha value is -1.53. The van der Waals surface area contributed by atoms with Crippen molar-refractivity contribution in [3.05, 3.63) is 29.8 Å². The summed E-state index contributed by atoms with van der Waals surface area (Å²) >= 11 is 0. The van der Waals surface area contributed by atoms with Gasteiger partial charge < -0.3 is 10.2 Å². The quantitative estimate of drug-likeness (QED) is 0.819. The van der Waals surface area contributed by atoms with Gasteiger partial charge in [0.25, 0.3) is 0 Å². The smallest absolute Gasteiger partial charge is 0.0643 e. The van der Waals surface area contributed by atoms with E-state index in [1.807, 2.05) is 0 Å². The van der Waals surface area contributed by atoms with Gasteiger partial charge in [-0.2, -0.15) is 5.26 Å². The molecule has 0 saturated carbocycles. The molecular weight excluding hydrogens is 198 g/mol. The normalized spacial score (nSPS) is 17.1. The molecule has 0 amide bonds. The van der Waals surface area contributed by atoms with Crippen LogP contribution in [0.2, 0.25) is 0 Å². The minimum absolute atomic E-state index is 0.283. The van der Waals surface area contributed by atoms with Crippen LogP contribution < -0.4 is 10.2 Å². The summed E-state index contributed by atoms with van der Waals surface area (Å²) in [5.41, 5.74) is 2.60. The van der Waals surface area contributed by atoms with Crippen LogP contribution in [-0.4, -0.2) is 19.1 Å². The highest BCUT2D eigenvalue weighted by molar-refractivity contribution is 5.55. The van der Waals surface area contributed by atoms with Gasteiger partial charge in [0.2, 0.25) is 0 Å². The summed E-state index contributed by atoms with van der Waals surface area (Å²) in [6.45, 7) is 4.99. The van der Waals surface area contributed by atoms with Crippen LogP contribution in [0.15, 0.2) is 24.3 Å². The molecule has 1 atom stereocenters. The Morgan fingerprint density at radius 3 is 3.12 bits per heavy atom. The maximum atomic E-state index is 8.79. The number of benzene rings is 1. The minimum atomic E-state index is 0.283. The Balaban J connectivity index is 2.29. The summed E-state index contributed by atoms with van der Waals surface area (Å²) in [6.07, 6.45) is 0.578. The summed E-state index contributed by atoms with van der Waals surface area (Å²) in [5, 5.41) is 12.2. The third kappa shape index (κ3) is 2.17. The van der Waals surface area contributed by atoms with Crippen LogP contribution in [0.25, 0.3) is 0 Å². The van der Waals surface area contributed by atoms with E-state index in [0.717, 1.165) is 19.6 Å². The monoisotopic (exact) mass is 215 g/mol. The fraction of sp³-hybridized carbons (Fsp3) is 0.462. The molecule has 0 fully saturated rings. The molecule has 1 aromatic rings. The molecule has 16 heavy (non-hydrogen) atoms. The molecule has 2 rings (SSSR count). The molecule has 1 heterocycles. The van der Waals surface area contributed by atoms with Gasteiger partial charge in [-0.05, 0) is 18.6 Å². The van der Waals surface area contributed by atoms with Crippen LogP contribution >= 0.6 is 0 Å². The van der Waals surface area contributed by atoms with Crippen LogP contribution in [-0.2, 0) is 6.54 Å². The molecule has 84 valence electrons. The standard InChI is InChI=1S/C13H17N3/c1-11(6-7-14)16-9-8-15-10-12-4-2-3-5-13(12)16/h2-5,11,15H,6,8-10H2,1H3. The van der Waals surface area contributed by atoms with Crippen LogP contribution in [0.4, 0.5) is 5.69 Å². The molecule has 0 saturated heterocycles. The van der Waals surface area contributed by atoms with E-state index in [1.165, 1.54) is 11.3 Å². The molecule has 1 N–H and O–H groups in total. The summed E-state index contributed by atoms with van der Waals surface area (Å²) in [4.78, 5) is 2.33. The first-order chi connectivity index (χ1) is 7.83. The number of nitrogens with zero attached hydrogens (tertiary/aromatic N) is 2. The third-order valence-corrected chi connectivity index (χ3v) is 3.06. The predicted molar refractivity (Wildman–Crippen MR) is 65.2 cm³/mol. The molecule has 1 unspecified atom stereocenters. The van der Waals surface area contributed by atoms with Gasteiger partial charge in [0, 0.05) is 31.4 Å². The second-order valence-corrected chi connectivity index (χ2v) is 4.21. The van der Waals surface area contributed by atoms with Crippen molar-refractivity contribution in [2.75, 3.05) is 18.0 Å². The lowest BCUT2D eigenvalue weighted by Crippen LogP contribution is -2.36. The molecule has 0 aliphatic carbocycles. The van der Waals surface area contributed by atoms with E-state index < -0.39 is 0 Å². The topological polar surface area (TPSA) is 39.1 Å². The van der Waals surface area contributed by atoms with Gasteiger partial charge in [-0.15, -0.1) is 0 Å². The molecular formula is C13H17N3. The Morgan fingerprint density at radius 2 is 2.31 bits per heavy atom. The van der Waals surface area contributed by atoms with Crippen molar-refractivity contribution in [1.82, 2.24) is 5.32 Å². The lowest BCUT2D eigenvalue weighted by Gasteiger charge is -2.29. The van der Waals surface area contributed by atoms with Crippen LogP contribution in [0, 0.1) is 11.3 Å². The first kappa shape index (κ1) is 11.0. The second-order valence-electron chi connectivity index (χ2n) is 4.21. The lowest BCUT2D eigenvalue weighted by atomic mass is 10.1. The van der Waals surface area contributed by atoms with Crippen molar-refractivity contribution < 1.29 is 0 Å². The average Bonchev–Trinajstić information content (AvgIpc) is 2.51. The summed E-state index contributed by atoms with van der Waals surface area (Å²) < 4.78 is 0. The summed E-state index contributed by atoms with van der Waals surface area (Å²) in [7, 11) is 0. The molecule has 0 radical (unpaired) electrons. The van der Waals surface area contributed by atoms with E-state index in [1.54, 1.807) is 0 Å². The molecule has 0 spiro atoms. The van der Waals surface area contributed by atoms with Crippen molar-refractivity contribution >= 4 is 5.69 Å². The first-order valence-corrected chi connectivity index (χ1v) is 5.75. The Kier molecular flexibility index (Phi) is 3.43. The third-order valence-electron chi connectivity index (χ3n) is 3.06. The minimum Gasteiger partial charge on any atom is -0.366 e. The van der Waals surface area contributed by atoms with Gasteiger partial charge in [0.05, 0.1) is 12.5 Å². The maximum Gasteiger partial charge on any atom is 0.0643 e. The Labute approximate surface area is 96.7 Å². The zero-order valence-corrected chi connectivity index (χ0v) is 9.61. The SMILES string of the molecule is CC(CC#N)N1CCNCc2ccccc21. The van der Waals surface area contributed by atoms with E-state index in [-0.39, 0.29) is 6.04 Å². The lowest BCUT2D eigenvalue weighted by molar-refractivity contribution is 0.623. The van der Waals surface area contributed by atoms with Gasteiger partial charge in [0.15, 0.2) is 0 Å². The number of para-hydroxylation sites is 1. The van der Waals surface area contributed by atoms with Crippen molar-refractivity contribution in [2.24, 2.45) is 0 Å². The highest BCUT2D eigenvalue weighted by Gasteiger charge is 2.18. The Morgan fingerprint density at radius 1 is 1.50 bits per heavy atom. The molecule has 3 heteroatoms. The van der Waals surface area contributed by atoms with Crippen LogP contribution in [0.1, 0.15) is 18.9 Å². The molecule has 1 aliphatic rings. The van der Waals surface area contributed by atoms with E-state index in [4.69, 9.17) is 5.26 Å². The highest BCUT2D eigenvalue weighted by atomic mass is 15.2. The van der Waals surface area contributed by atoms with E-state index in [0.29, 0.717) is 6.42 Å². The van der Waals surface area contributed by atoms with Crippen molar-refractivity contribution in [1.29, 1.82) is 5.26 Å². The van der Waals surface area contributed by atoms with E-state index in [2.05, 4.69) is 47.5 Å². The molecule has 0 bridgehead atoms. The predicted octanol–water partition coefficient (Wildman–Crippen LogP) is 1.90. The van der Waals surface area contributed by atoms with Crippen molar-refractivity contribution in [3.8, 4) is 6.07 Å². The summed E-state index contributed by atoms with van der Waals surface area (Å²) in [6, 6.07) is 11.0. The zero-order chi connectivity index (χ0) is 11.4. The van der Waals surface area contributed by atoms with Crippen molar-refractivity contribution in [2.45, 2.75) is 25.9 Å². The van der Waals surface area contributed by atoms with Crippen molar-refractivity contribution in [3.63, 3.8) is 0 Å². The van der Waals surface area contributed by atoms with Crippen LogP contribution in [0.5, 0.6) is 0 Å². The zero-order valence-electron chi connectivity index (χ0n) is 9.61. The summed E-state index contributed by atoms with van der Waals surface area (Å²) in [5.74, 6) is 0. The number of rotatable bonds is 2. The van der Waals surface area contributed by atoms with Gasteiger partial charge >= 0.3 is 0 Å². The Bertz CT molecular complexity index is 394. The van der Waals surface area contributed by atoms with Gasteiger partial charge in [0.1, 0.15) is 0 Å². The first-order valence-electron chi connectivity index (χ1n) is 5.75. The van der Waals surface area contributed by atoms with Gasteiger partial charge in [-0.3, -0.25) is 0 Å². The fourth-order valence-electron chi connectivity index (χ4n) is 2.18. The highest BCUT2D eigenvalue weighted by Crippen LogP contribution is 2.24. The number of fused-ring (bicyclic) bond motifs is 1. The molecule has 1 aliphatic heterocycles. The van der Waals surface area contributed by atoms with Crippen LogP contribution in [0.3, 0.4) is 0 Å². The fourth-order valence-corrected chi connectivity index (χ4v) is 2.18. The molecule has 3 nitrogen and oxygen atoms in total. The van der Waals surface area contributed by atoms with E-state index >= 15 is 0 Å². The number of nitriles is 1. The number of hydrogen-bond donors (Lipinski definition) is 1. The average molecular weight is 215 g/mol. The van der Waals surface area contributed by atoms with Gasteiger partial charge in [-0.1, -0.05) is 18.2 Å². The van der Waals surface area contributed by atoms with Gasteiger partial charge in [-0.25, -0.2) is 0 Å². The number of anilines is 1.